The van der Waals surface area contributed by atoms with E-state index in [1.165, 1.54) is 32.1 Å². The minimum atomic E-state index is 0.463. The zero-order valence-electron chi connectivity index (χ0n) is 8.14. The van der Waals surface area contributed by atoms with Gasteiger partial charge in [-0.15, -0.1) is 0 Å². The minimum Gasteiger partial charge on any atom is -0.377 e. The summed E-state index contributed by atoms with van der Waals surface area (Å²) in [7, 11) is 0. The van der Waals surface area contributed by atoms with Crippen LogP contribution in [0.4, 0.5) is 0 Å². The first kappa shape index (κ1) is 10.0. The number of nitrogens with one attached hydrogen (secondary N) is 1. The largest absolute Gasteiger partial charge is 0.377 e. The van der Waals surface area contributed by atoms with Crippen molar-refractivity contribution in [1.29, 1.82) is 0 Å². The number of hydrogen-bond donors (Lipinski definition) is 1. The Morgan fingerprint density at radius 3 is 2.83 bits per heavy atom. The van der Waals surface area contributed by atoms with E-state index < -0.39 is 0 Å². The van der Waals surface area contributed by atoms with Gasteiger partial charge in [0.15, 0.2) is 0 Å². The topological polar surface area (TPSA) is 21.3 Å². The average molecular weight is 171 g/mol. The summed E-state index contributed by atoms with van der Waals surface area (Å²) in [5.41, 5.74) is 0. The molecule has 1 aliphatic heterocycles. The van der Waals surface area contributed by atoms with E-state index in [4.69, 9.17) is 4.74 Å². The Kier molecular flexibility index (Phi) is 5.37. The van der Waals surface area contributed by atoms with Crippen molar-refractivity contribution in [3.05, 3.63) is 0 Å². The van der Waals surface area contributed by atoms with Gasteiger partial charge in [-0.05, 0) is 26.3 Å². The highest BCUT2D eigenvalue weighted by atomic mass is 16.5. The van der Waals surface area contributed by atoms with Crippen LogP contribution in [-0.4, -0.2) is 25.8 Å². The molecular formula is C10H21NO. The van der Waals surface area contributed by atoms with Crippen molar-refractivity contribution in [2.24, 2.45) is 0 Å². The fourth-order valence-corrected chi connectivity index (χ4v) is 1.58. The molecule has 2 heteroatoms. The first-order valence-corrected chi connectivity index (χ1v) is 5.22. The highest BCUT2D eigenvalue weighted by Gasteiger charge is 2.02. The van der Waals surface area contributed by atoms with E-state index >= 15 is 0 Å². The molecule has 2 nitrogen and oxygen atoms in total. The molecular weight excluding hydrogens is 150 g/mol. The predicted molar refractivity (Wildman–Crippen MR) is 51.4 cm³/mol. The second-order valence-corrected chi connectivity index (χ2v) is 3.63. The Morgan fingerprint density at radius 1 is 1.08 bits per heavy atom. The molecule has 12 heavy (non-hydrogen) atoms. The summed E-state index contributed by atoms with van der Waals surface area (Å²) in [6.45, 7) is 5.24. The standard InChI is InChI=1S/C10H21NO/c1-10-6-4-2-3-5-7-11-8-9-12-10/h10-11H,2-9H2,1H3/t10-/m1/s1. The molecule has 0 aliphatic carbocycles. The van der Waals surface area contributed by atoms with Crippen molar-refractivity contribution in [3.63, 3.8) is 0 Å². The molecule has 0 spiro atoms. The number of hydrogen-bond acceptors (Lipinski definition) is 2. The van der Waals surface area contributed by atoms with E-state index in [0.717, 1.165) is 19.7 Å². The smallest absolute Gasteiger partial charge is 0.0594 e. The maximum atomic E-state index is 5.61. The molecule has 1 rings (SSSR count). The Labute approximate surface area is 75.7 Å². The van der Waals surface area contributed by atoms with Crippen molar-refractivity contribution in [2.75, 3.05) is 19.7 Å². The van der Waals surface area contributed by atoms with E-state index in [1.807, 2.05) is 0 Å². The van der Waals surface area contributed by atoms with Crippen molar-refractivity contribution < 1.29 is 4.74 Å². The lowest BCUT2D eigenvalue weighted by atomic mass is 10.1. The molecule has 0 aromatic carbocycles. The van der Waals surface area contributed by atoms with E-state index in [1.54, 1.807) is 0 Å². The van der Waals surface area contributed by atoms with Gasteiger partial charge >= 0.3 is 0 Å². The second-order valence-electron chi connectivity index (χ2n) is 3.63. The zero-order valence-corrected chi connectivity index (χ0v) is 8.14. The fraction of sp³-hybridized carbons (Fsp3) is 1.00. The third kappa shape index (κ3) is 4.73. The van der Waals surface area contributed by atoms with Crippen LogP contribution in [0.5, 0.6) is 0 Å². The van der Waals surface area contributed by atoms with Crippen LogP contribution in [0, 0.1) is 0 Å². The van der Waals surface area contributed by atoms with Crippen molar-refractivity contribution in [2.45, 2.75) is 45.1 Å². The molecule has 0 radical (unpaired) electrons. The monoisotopic (exact) mass is 171 g/mol. The molecule has 0 amide bonds. The summed E-state index contributed by atoms with van der Waals surface area (Å²) in [4.78, 5) is 0. The van der Waals surface area contributed by atoms with Crippen molar-refractivity contribution in [1.82, 2.24) is 5.32 Å². The van der Waals surface area contributed by atoms with Gasteiger partial charge < -0.3 is 10.1 Å². The van der Waals surface area contributed by atoms with E-state index in [2.05, 4.69) is 12.2 Å². The summed E-state index contributed by atoms with van der Waals surface area (Å²) < 4.78 is 5.61. The van der Waals surface area contributed by atoms with Crippen LogP contribution in [0.3, 0.4) is 0 Å². The maximum Gasteiger partial charge on any atom is 0.0594 e. The molecule has 1 aliphatic rings. The van der Waals surface area contributed by atoms with Gasteiger partial charge in [-0.2, -0.15) is 0 Å². The Morgan fingerprint density at radius 2 is 1.92 bits per heavy atom. The second kappa shape index (κ2) is 6.44. The molecule has 72 valence electrons. The van der Waals surface area contributed by atoms with Crippen LogP contribution < -0.4 is 5.32 Å². The molecule has 1 N–H and O–H groups in total. The van der Waals surface area contributed by atoms with E-state index in [0.29, 0.717) is 6.10 Å². The fourth-order valence-electron chi connectivity index (χ4n) is 1.58. The molecule has 1 saturated heterocycles. The zero-order chi connectivity index (χ0) is 8.65. The van der Waals surface area contributed by atoms with Gasteiger partial charge in [0.05, 0.1) is 12.7 Å². The van der Waals surface area contributed by atoms with Crippen LogP contribution in [0.2, 0.25) is 0 Å². The quantitative estimate of drug-likeness (QED) is 0.601. The Balaban J connectivity index is 2.13. The first-order valence-electron chi connectivity index (χ1n) is 5.22. The molecule has 1 heterocycles. The minimum absolute atomic E-state index is 0.463. The van der Waals surface area contributed by atoms with Crippen LogP contribution >= 0.6 is 0 Å². The van der Waals surface area contributed by atoms with Gasteiger partial charge in [0.1, 0.15) is 0 Å². The van der Waals surface area contributed by atoms with E-state index in [9.17, 15) is 0 Å². The lowest BCUT2D eigenvalue weighted by molar-refractivity contribution is 0.0615. The van der Waals surface area contributed by atoms with Gasteiger partial charge in [-0.1, -0.05) is 19.3 Å². The summed E-state index contributed by atoms with van der Waals surface area (Å²) >= 11 is 0. The lowest BCUT2D eigenvalue weighted by Gasteiger charge is -2.11. The molecule has 1 atom stereocenters. The SMILES string of the molecule is C[C@@H]1CCCCCCNCCO1. The summed E-state index contributed by atoms with van der Waals surface area (Å²) in [5.74, 6) is 0. The molecule has 0 bridgehead atoms. The summed E-state index contributed by atoms with van der Waals surface area (Å²) in [5, 5.41) is 3.38. The van der Waals surface area contributed by atoms with Gasteiger partial charge in [0.25, 0.3) is 0 Å². The molecule has 1 fully saturated rings. The van der Waals surface area contributed by atoms with Gasteiger partial charge in [0, 0.05) is 6.54 Å². The normalized spacial score (nSPS) is 29.2. The van der Waals surface area contributed by atoms with Crippen LogP contribution in [-0.2, 0) is 4.74 Å². The van der Waals surface area contributed by atoms with Crippen molar-refractivity contribution in [3.8, 4) is 0 Å². The van der Waals surface area contributed by atoms with Gasteiger partial charge in [-0.25, -0.2) is 0 Å². The Bertz CT molecular complexity index is 94.0. The highest BCUT2D eigenvalue weighted by Crippen LogP contribution is 2.08. The number of rotatable bonds is 0. The predicted octanol–water partition coefficient (Wildman–Crippen LogP) is 1.95. The maximum absolute atomic E-state index is 5.61. The summed E-state index contributed by atoms with van der Waals surface area (Å²) in [6.07, 6.45) is 7.11. The summed E-state index contributed by atoms with van der Waals surface area (Å²) in [6, 6.07) is 0. The Hall–Kier alpha value is -0.0800. The molecule has 0 saturated carbocycles. The number of ether oxygens (including phenoxy) is 1. The average Bonchev–Trinajstić information content (AvgIpc) is 2.11. The highest BCUT2D eigenvalue weighted by molar-refractivity contribution is 4.56. The van der Waals surface area contributed by atoms with Crippen LogP contribution in [0.15, 0.2) is 0 Å². The molecule has 0 unspecified atom stereocenters. The van der Waals surface area contributed by atoms with Crippen LogP contribution in [0.25, 0.3) is 0 Å². The van der Waals surface area contributed by atoms with E-state index in [-0.39, 0.29) is 0 Å². The third-order valence-electron chi connectivity index (χ3n) is 2.40. The first-order chi connectivity index (χ1) is 5.89. The van der Waals surface area contributed by atoms with Gasteiger partial charge in [0.2, 0.25) is 0 Å². The lowest BCUT2D eigenvalue weighted by Crippen LogP contribution is -2.22. The molecule has 0 aromatic heterocycles. The molecule has 0 aromatic rings. The van der Waals surface area contributed by atoms with Crippen LogP contribution in [0.1, 0.15) is 39.0 Å². The third-order valence-corrected chi connectivity index (χ3v) is 2.40. The van der Waals surface area contributed by atoms with Crippen molar-refractivity contribution >= 4 is 0 Å². The van der Waals surface area contributed by atoms with Gasteiger partial charge in [-0.3, -0.25) is 0 Å².